The van der Waals surface area contributed by atoms with Crippen LogP contribution in [-0.4, -0.2) is 27.6 Å². The molecule has 0 aliphatic carbocycles. The van der Waals surface area contributed by atoms with Crippen LogP contribution in [0.1, 0.15) is 22.4 Å². The quantitative estimate of drug-likeness (QED) is 0.514. The average molecular weight is 394 g/mol. The molecule has 1 aliphatic rings. The first-order valence-electron chi connectivity index (χ1n) is 9.11. The molecule has 6 nitrogen and oxygen atoms in total. The first-order chi connectivity index (χ1) is 13.7. The lowest BCUT2D eigenvalue weighted by Gasteiger charge is -2.27. The average Bonchev–Trinajstić information content (AvgIpc) is 2.71. The normalized spacial score (nSPS) is 14.2. The fourth-order valence-electron chi connectivity index (χ4n) is 3.25. The lowest BCUT2D eigenvalue weighted by molar-refractivity contribution is 0.242. The van der Waals surface area contributed by atoms with Crippen LogP contribution >= 0.6 is 11.6 Å². The van der Waals surface area contributed by atoms with E-state index >= 15 is 0 Å². The molecule has 7 heteroatoms. The number of hydrogen-bond donors (Lipinski definition) is 2. The van der Waals surface area contributed by atoms with Gasteiger partial charge in [0, 0.05) is 36.6 Å². The van der Waals surface area contributed by atoms with E-state index in [1.807, 2.05) is 36.4 Å². The third-order valence-electron chi connectivity index (χ3n) is 4.68. The summed E-state index contributed by atoms with van der Waals surface area (Å²) in [4.78, 5) is 22.1. The van der Waals surface area contributed by atoms with Crippen molar-refractivity contribution in [2.75, 3.05) is 12.0 Å². The number of fused-ring (bicyclic) bond motifs is 1. The summed E-state index contributed by atoms with van der Waals surface area (Å²) in [6.07, 6.45) is 2.33. The van der Waals surface area contributed by atoms with Gasteiger partial charge in [-0.3, -0.25) is 14.7 Å². The molecule has 0 fully saturated rings. The highest BCUT2D eigenvalue weighted by atomic mass is 35.5. The zero-order chi connectivity index (χ0) is 19.3. The molecule has 2 N–H and O–H groups in total. The van der Waals surface area contributed by atoms with Crippen molar-refractivity contribution in [1.29, 1.82) is 0 Å². The predicted molar refractivity (Wildman–Crippen MR) is 112 cm³/mol. The van der Waals surface area contributed by atoms with Crippen molar-refractivity contribution in [3.63, 3.8) is 0 Å². The van der Waals surface area contributed by atoms with Crippen molar-refractivity contribution >= 4 is 23.8 Å². The van der Waals surface area contributed by atoms with E-state index in [9.17, 15) is 4.79 Å². The van der Waals surface area contributed by atoms with Crippen molar-refractivity contribution in [2.45, 2.75) is 19.5 Å². The van der Waals surface area contributed by atoms with E-state index < -0.39 is 0 Å². The molecule has 3 aromatic rings. The number of aromatic nitrogens is 2. The Hall–Kier alpha value is -2.96. The number of hydrogen-bond acceptors (Lipinski definition) is 5. The molecule has 0 saturated carbocycles. The van der Waals surface area contributed by atoms with Crippen LogP contribution in [-0.2, 0) is 19.5 Å². The van der Waals surface area contributed by atoms with E-state index in [0.29, 0.717) is 17.5 Å². The second-order valence-electron chi connectivity index (χ2n) is 6.68. The second kappa shape index (κ2) is 8.37. The molecule has 0 spiro atoms. The molecule has 28 heavy (non-hydrogen) atoms. The summed E-state index contributed by atoms with van der Waals surface area (Å²) < 4.78 is 0. The van der Waals surface area contributed by atoms with Crippen LogP contribution in [0.5, 0.6) is 0 Å². The van der Waals surface area contributed by atoms with Crippen molar-refractivity contribution in [2.24, 2.45) is 5.10 Å². The van der Waals surface area contributed by atoms with E-state index in [2.05, 4.69) is 37.5 Å². The van der Waals surface area contributed by atoms with Crippen LogP contribution in [0, 0.1) is 0 Å². The molecule has 2 aromatic carbocycles. The summed E-state index contributed by atoms with van der Waals surface area (Å²) in [5.41, 5.74) is 6.24. The van der Waals surface area contributed by atoms with Crippen LogP contribution in [0.25, 0.3) is 0 Å². The van der Waals surface area contributed by atoms with Gasteiger partial charge in [0.1, 0.15) is 0 Å². The Kier molecular flexibility index (Phi) is 5.50. The van der Waals surface area contributed by atoms with Gasteiger partial charge < -0.3 is 0 Å². The summed E-state index contributed by atoms with van der Waals surface area (Å²) in [5.74, 6) is 0.337. The third kappa shape index (κ3) is 4.30. The zero-order valence-electron chi connectivity index (χ0n) is 15.2. The largest absolute Gasteiger partial charge is 0.294 e. The fourth-order valence-corrected chi connectivity index (χ4v) is 3.44. The highest BCUT2D eigenvalue weighted by molar-refractivity contribution is 6.33. The topological polar surface area (TPSA) is 73.4 Å². The van der Waals surface area contributed by atoms with Gasteiger partial charge in [0.05, 0.1) is 17.5 Å². The third-order valence-corrected chi connectivity index (χ3v) is 5.02. The minimum absolute atomic E-state index is 0.127. The van der Waals surface area contributed by atoms with E-state index in [0.717, 1.165) is 36.3 Å². The summed E-state index contributed by atoms with van der Waals surface area (Å²) in [5, 5.41) is 4.74. The molecular formula is C21H20ClN5O. The van der Waals surface area contributed by atoms with E-state index in [1.54, 1.807) is 12.3 Å². The second-order valence-corrected chi connectivity index (χ2v) is 7.08. The maximum absolute atomic E-state index is 12.5. The molecule has 0 saturated heterocycles. The molecule has 1 aliphatic heterocycles. The van der Waals surface area contributed by atoms with Crippen molar-refractivity contribution in [1.82, 2.24) is 14.9 Å². The summed E-state index contributed by atoms with van der Waals surface area (Å²) >= 11 is 6.10. The minimum atomic E-state index is -0.127. The van der Waals surface area contributed by atoms with Gasteiger partial charge in [-0.2, -0.15) is 5.10 Å². The van der Waals surface area contributed by atoms with Gasteiger partial charge in [-0.05, 0) is 11.6 Å². The highest BCUT2D eigenvalue weighted by Gasteiger charge is 2.21. The van der Waals surface area contributed by atoms with Crippen LogP contribution < -0.4 is 11.0 Å². The van der Waals surface area contributed by atoms with Gasteiger partial charge in [-0.25, -0.2) is 10.4 Å². The van der Waals surface area contributed by atoms with E-state index in [4.69, 9.17) is 11.6 Å². The molecule has 4 rings (SSSR count). The molecule has 0 radical (unpaired) electrons. The summed E-state index contributed by atoms with van der Waals surface area (Å²) in [7, 11) is 0. The van der Waals surface area contributed by atoms with Crippen molar-refractivity contribution in [3.8, 4) is 0 Å². The molecule has 1 aromatic heterocycles. The van der Waals surface area contributed by atoms with Crippen LogP contribution in [0.4, 0.5) is 5.95 Å². The molecular weight excluding hydrogens is 374 g/mol. The molecule has 2 heterocycles. The molecule has 0 atom stereocenters. The number of benzene rings is 2. The van der Waals surface area contributed by atoms with Gasteiger partial charge in [0.15, 0.2) is 0 Å². The number of rotatable bonds is 5. The Balaban J connectivity index is 1.45. The Labute approximate surface area is 167 Å². The Bertz CT molecular complexity index is 1050. The Morgan fingerprint density at radius 2 is 1.96 bits per heavy atom. The van der Waals surface area contributed by atoms with E-state index in [-0.39, 0.29) is 5.56 Å². The van der Waals surface area contributed by atoms with Gasteiger partial charge >= 0.3 is 0 Å². The van der Waals surface area contributed by atoms with Crippen molar-refractivity contribution < 1.29 is 0 Å². The van der Waals surface area contributed by atoms with Gasteiger partial charge in [0.25, 0.3) is 5.56 Å². The Morgan fingerprint density at radius 1 is 1.18 bits per heavy atom. The number of aromatic amines is 1. The Morgan fingerprint density at radius 3 is 2.79 bits per heavy atom. The number of nitrogens with zero attached hydrogens (tertiary/aromatic N) is 3. The number of hydrazone groups is 1. The first kappa shape index (κ1) is 18.4. The van der Waals surface area contributed by atoms with Crippen LogP contribution in [0.3, 0.4) is 0 Å². The fraction of sp³-hybridized carbons (Fsp3) is 0.190. The molecule has 142 valence electrons. The van der Waals surface area contributed by atoms with Gasteiger partial charge in [-0.15, -0.1) is 0 Å². The van der Waals surface area contributed by atoms with Crippen LogP contribution in [0.15, 0.2) is 64.5 Å². The maximum atomic E-state index is 12.5. The number of halogens is 1. The zero-order valence-corrected chi connectivity index (χ0v) is 16.0. The lowest BCUT2D eigenvalue weighted by atomic mass is 10.1. The van der Waals surface area contributed by atoms with Gasteiger partial charge in [-0.1, -0.05) is 60.1 Å². The number of H-pyrrole nitrogens is 1. The standard InChI is InChI=1S/C21H20ClN5O/c22-18-9-5-4-8-16(18)12-23-26-21-24-19-10-11-27(14-17(19)20(28)25-21)13-15-6-2-1-3-7-15/h1-9,12H,10-11,13-14H2,(H2,24,25,26,28)/b23-12-. The molecule has 0 amide bonds. The number of nitrogens with one attached hydrogen (secondary N) is 2. The minimum Gasteiger partial charge on any atom is -0.294 e. The van der Waals surface area contributed by atoms with Crippen molar-refractivity contribution in [3.05, 3.63) is 92.4 Å². The smallest absolute Gasteiger partial charge is 0.257 e. The summed E-state index contributed by atoms with van der Waals surface area (Å²) in [6, 6.07) is 17.7. The van der Waals surface area contributed by atoms with Gasteiger partial charge in [0.2, 0.25) is 5.95 Å². The number of anilines is 1. The molecule has 0 unspecified atom stereocenters. The predicted octanol–water partition coefficient (Wildman–Crippen LogP) is 3.43. The lowest BCUT2D eigenvalue weighted by Crippen LogP contribution is -2.35. The molecule has 0 bridgehead atoms. The van der Waals surface area contributed by atoms with E-state index in [1.165, 1.54) is 5.56 Å². The maximum Gasteiger partial charge on any atom is 0.257 e. The summed E-state index contributed by atoms with van der Waals surface area (Å²) in [6.45, 7) is 2.28. The highest BCUT2D eigenvalue weighted by Crippen LogP contribution is 2.17. The SMILES string of the molecule is O=c1[nH]c(N/N=C\c2ccccc2Cl)nc2c1CN(Cc1ccccc1)CC2. The first-order valence-corrected chi connectivity index (χ1v) is 9.49. The van der Waals surface area contributed by atoms with Crippen LogP contribution in [0.2, 0.25) is 5.02 Å². The monoisotopic (exact) mass is 393 g/mol.